The van der Waals surface area contributed by atoms with Crippen molar-refractivity contribution in [1.29, 1.82) is 0 Å². The second-order valence-electron chi connectivity index (χ2n) is 5.44. The Morgan fingerprint density at radius 2 is 2.00 bits per heavy atom. The maximum absolute atomic E-state index is 12.2. The Hall–Kier alpha value is -2.27. The molecule has 0 radical (unpaired) electrons. The van der Waals surface area contributed by atoms with Gasteiger partial charge in [0.15, 0.2) is 5.78 Å². The molecule has 0 amide bonds. The topological polar surface area (TPSA) is 55.8 Å². The number of phenolic OH excluding ortho intramolecular Hbond substituents is 1. The van der Waals surface area contributed by atoms with Crippen molar-refractivity contribution in [2.45, 2.75) is 18.2 Å². The highest BCUT2D eigenvalue weighted by Gasteiger charge is 2.12. The van der Waals surface area contributed by atoms with E-state index >= 15 is 0 Å². The summed E-state index contributed by atoms with van der Waals surface area (Å²) in [5.74, 6) is 0.802. The number of hydrogen-bond donors (Lipinski definition) is 1. The number of allylic oxidation sites excluding steroid dienone is 1. The Bertz CT molecular complexity index is 741. The van der Waals surface area contributed by atoms with E-state index in [1.807, 2.05) is 13.0 Å². The van der Waals surface area contributed by atoms with E-state index in [-0.39, 0.29) is 16.4 Å². The Morgan fingerprint density at radius 3 is 2.64 bits per heavy atom. The molecule has 0 aliphatic carbocycles. The fourth-order valence-electron chi connectivity index (χ4n) is 2.15. The van der Waals surface area contributed by atoms with Gasteiger partial charge in [-0.15, -0.1) is 0 Å². The Balaban J connectivity index is 2.28. The Morgan fingerprint density at radius 1 is 1.28 bits per heavy atom. The standard InChI is InChI=1S/C20H21BrO4/c1-3-15(21)13-25-20-12-16(24-2)11-19(23)17(20)9-10-18(22)14-7-5-4-6-8-14/h4-12,15,23H,3,13H2,1-2H3. The first-order valence-electron chi connectivity index (χ1n) is 8.00. The van der Waals surface area contributed by atoms with Crippen molar-refractivity contribution in [3.8, 4) is 17.2 Å². The lowest BCUT2D eigenvalue weighted by molar-refractivity contribution is 0.104. The molecular weight excluding hydrogens is 384 g/mol. The van der Waals surface area contributed by atoms with Crippen LogP contribution in [0.4, 0.5) is 0 Å². The molecule has 0 bridgehead atoms. The highest BCUT2D eigenvalue weighted by molar-refractivity contribution is 9.09. The van der Waals surface area contributed by atoms with Gasteiger partial charge in [-0.25, -0.2) is 0 Å². The smallest absolute Gasteiger partial charge is 0.185 e. The predicted octanol–water partition coefficient (Wildman–Crippen LogP) is 4.85. The van der Waals surface area contributed by atoms with Crippen LogP contribution in [0.1, 0.15) is 29.3 Å². The molecule has 2 rings (SSSR count). The Labute approximate surface area is 156 Å². The van der Waals surface area contributed by atoms with E-state index in [4.69, 9.17) is 9.47 Å². The average Bonchev–Trinajstić information content (AvgIpc) is 2.65. The van der Waals surface area contributed by atoms with Gasteiger partial charge in [-0.2, -0.15) is 0 Å². The van der Waals surface area contributed by atoms with E-state index < -0.39 is 0 Å². The number of carbonyl (C=O) groups is 1. The van der Waals surface area contributed by atoms with Gasteiger partial charge in [-0.05, 0) is 18.6 Å². The monoisotopic (exact) mass is 404 g/mol. The molecule has 2 aromatic rings. The highest BCUT2D eigenvalue weighted by Crippen LogP contribution is 2.35. The largest absolute Gasteiger partial charge is 0.507 e. The molecule has 2 aromatic carbocycles. The molecule has 0 spiro atoms. The van der Waals surface area contributed by atoms with Crippen molar-refractivity contribution in [1.82, 2.24) is 0 Å². The van der Waals surface area contributed by atoms with E-state index in [2.05, 4.69) is 15.9 Å². The van der Waals surface area contributed by atoms with Crippen molar-refractivity contribution in [2.75, 3.05) is 13.7 Å². The van der Waals surface area contributed by atoms with Gasteiger partial charge in [0.1, 0.15) is 23.9 Å². The van der Waals surface area contributed by atoms with Crippen LogP contribution in [0.2, 0.25) is 0 Å². The zero-order valence-corrected chi connectivity index (χ0v) is 15.8. The molecule has 0 aliphatic rings. The summed E-state index contributed by atoms with van der Waals surface area (Å²) in [6.45, 7) is 2.49. The number of halogens is 1. The fraction of sp³-hybridized carbons (Fsp3) is 0.250. The average molecular weight is 405 g/mol. The molecular formula is C20H21BrO4. The first kappa shape index (κ1) is 19.1. The molecule has 1 atom stereocenters. The number of alkyl halides is 1. The first-order chi connectivity index (χ1) is 12.0. The predicted molar refractivity (Wildman–Crippen MR) is 103 cm³/mol. The van der Waals surface area contributed by atoms with Gasteiger partial charge in [0, 0.05) is 22.5 Å². The number of hydrogen-bond acceptors (Lipinski definition) is 4. The summed E-state index contributed by atoms with van der Waals surface area (Å²) in [5, 5.41) is 10.3. The minimum atomic E-state index is -0.145. The third-order valence-electron chi connectivity index (χ3n) is 3.65. The van der Waals surface area contributed by atoms with Gasteiger partial charge in [0.2, 0.25) is 0 Å². The van der Waals surface area contributed by atoms with Crippen LogP contribution in [-0.2, 0) is 0 Å². The number of phenols is 1. The van der Waals surface area contributed by atoms with Gasteiger partial charge in [0.05, 0.1) is 12.7 Å². The number of ketones is 1. The normalized spacial score (nSPS) is 12.1. The fourth-order valence-corrected chi connectivity index (χ4v) is 2.28. The van der Waals surface area contributed by atoms with Crippen molar-refractivity contribution in [3.05, 3.63) is 59.7 Å². The van der Waals surface area contributed by atoms with Crippen molar-refractivity contribution in [3.63, 3.8) is 0 Å². The molecule has 4 nitrogen and oxygen atoms in total. The van der Waals surface area contributed by atoms with Crippen LogP contribution in [0.15, 0.2) is 48.5 Å². The summed E-state index contributed by atoms with van der Waals surface area (Å²) in [6, 6.07) is 12.1. The summed E-state index contributed by atoms with van der Waals surface area (Å²) in [7, 11) is 1.52. The summed E-state index contributed by atoms with van der Waals surface area (Å²) >= 11 is 3.51. The molecule has 0 heterocycles. The van der Waals surface area contributed by atoms with Crippen LogP contribution in [0.3, 0.4) is 0 Å². The molecule has 5 heteroatoms. The third kappa shape index (κ3) is 5.36. The number of rotatable bonds is 8. The summed E-state index contributed by atoms with van der Waals surface area (Å²) in [5.41, 5.74) is 1.03. The van der Waals surface area contributed by atoms with Gasteiger partial charge >= 0.3 is 0 Å². The lowest BCUT2D eigenvalue weighted by atomic mass is 10.1. The Kier molecular flexibility index (Phi) is 7.07. The van der Waals surface area contributed by atoms with Crippen molar-refractivity contribution >= 4 is 27.8 Å². The summed E-state index contributed by atoms with van der Waals surface area (Å²) in [6.07, 6.45) is 3.90. The van der Waals surface area contributed by atoms with Gasteiger partial charge in [0.25, 0.3) is 0 Å². The molecule has 25 heavy (non-hydrogen) atoms. The molecule has 0 saturated carbocycles. The van der Waals surface area contributed by atoms with Crippen LogP contribution < -0.4 is 9.47 Å². The van der Waals surface area contributed by atoms with Crippen LogP contribution in [0, 0.1) is 0 Å². The maximum Gasteiger partial charge on any atom is 0.185 e. The van der Waals surface area contributed by atoms with Crippen LogP contribution in [0.5, 0.6) is 17.2 Å². The van der Waals surface area contributed by atoms with Crippen LogP contribution in [0.25, 0.3) is 6.08 Å². The molecule has 1 unspecified atom stereocenters. The molecule has 0 aromatic heterocycles. The second-order valence-corrected chi connectivity index (χ2v) is 6.73. The van der Waals surface area contributed by atoms with E-state index in [1.165, 1.54) is 19.3 Å². The summed E-state index contributed by atoms with van der Waals surface area (Å²) < 4.78 is 11.0. The lowest BCUT2D eigenvalue weighted by Gasteiger charge is -2.14. The number of benzene rings is 2. The summed E-state index contributed by atoms with van der Waals surface area (Å²) in [4.78, 5) is 12.4. The van der Waals surface area contributed by atoms with Crippen LogP contribution in [-0.4, -0.2) is 29.4 Å². The van der Waals surface area contributed by atoms with Crippen molar-refractivity contribution in [2.24, 2.45) is 0 Å². The van der Waals surface area contributed by atoms with Gasteiger partial charge in [-0.1, -0.05) is 53.2 Å². The molecule has 0 aliphatic heterocycles. The van der Waals surface area contributed by atoms with Crippen molar-refractivity contribution < 1.29 is 19.4 Å². The zero-order chi connectivity index (χ0) is 18.2. The SMILES string of the molecule is CCC(Br)COc1cc(OC)cc(O)c1C=CC(=O)c1ccccc1. The molecule has 1 N–H and O–H groups in total. The quantitative estimate of drug-likeness (QED) is 0.388. The molecule has 0 fully saturated rings. The van der Waals surface area contributed by atoms with E-state index in [0.29, 0.717) is 29.2 Å². The molecule has 0 saturated heterocycles. The molecule has 132 valence electrons. The number of ether oxygens (including phenoxy) is 2. The van der Waals surface area contributed by atoms with E-state index in [0.717, 1.165) is 6.42 Å². The highest BCUT2D eigenvalue weighted by atomic mass is 79.9. The lowest BCUT2D eigenvalue weighted by Crippen LogP contribution is -2.10. The maximum atomic E-state index is 12.2. The third-order valence-corrected chi connectivity index (χ3v) is 4.56. The second kappa shape index (κ2) is 9.28. The number of methoxy groups -OCH3 is 1. The van der Waals surface area contributed by atoms with E-state index in [1.54, 1.807) is 36.4 Å². The number of carbonyl (C=O) groups excluding carboxylic acids is 1. The zero-order valence-electron chi connectivity index (χ0n) is 14.2. The number of aromatic hydroxyl groups is 1. The minimum absolute atomic E-state index is 0.00548. The minimum Gasteiger partial charge on any atom is -0.507 e. The van der Waals surface area contributed by atoms with E-state index in [9.17, 15) is 9.90 Å². The van der Waals surface area contributed by atoms with Gasteiger partial charge in [-0.3, -0.25) is 4.79 Å². The van der Waals surface area contributed by atoms with Gasteiger partial charge < -0.3 is 14.6 Å². The van der Waals surface area contributed by atoms with Crippen LogP contribution >= 0.6 is 15.9 Å². The first-order valence-corrected chi connectivity index (χ1v) is 8.92.